The Kier molecular flexibility index (Phi) is 3.70. The van der Waals surface area contributed by atoms with Crippen molar-refractivity contribution in [2.24, 2.45) is 5.73 Å². The molecule has 0 fully saturated rings. The second kappa shape index (κ2) is 5.27. The van der Waals surface area contributed by atoms with Crippen LogP contribution in [-0.2, 0) is 12.6 Å². The van der Waals surface area contributed by atoms with Crippen LogP contribution in [0.5, 0.6) is 0 Å². The Morgan fingerprint density at radius 2 is 1.84 bits per heavy atom. The maximum absolute atomic E-state index is 12.4. The molecule has 0 saturated carbocycles. The van der Waals surface area contributed by atoms with Gasteiger partial charge in [-0.2, -0.15) is 13.2 Å². The highest BCUT2D eigenvalue weighted by Crippen LogP contribution is 2.30. The molecule has 1 aromatic carbocycles. The number of nitrogens with two attached hydrogens (primary N) is 1. The van der Waals surface area contributed by atoms with Crippen molar-refractivity contribution >= 4 is 11.7 Å². The van der Waals surface area contributed by atoms with Crippen molar-refractivity contribution in [3.63, 3.8) is 0 Å². The van der Waals surface area contributed by atoms with Gasteiger partial charge in [0.05, 0.1) is 5.56 Å². The fourth-order valence-corrected chi connectivity index (χ4v) is 1.39. The molecule has 2 aromatic rings. The molecule has 8 heteroatoms. The molecule has 0 aliphatic carbocycles. The van der Waals surface area contributed by atoms with Gasteiger partial charge in [-0.15, -0.1) is 5.10 Å². The van der Waals surface area contributed by atoms with Gasteiger partial charge in [0.2, 0.25) is 5.89 Å². The van der Waals surface area contributed by atoms with E-state index < -0.39 is 11.7 Å². The van der Waals surface area contributed by atoms with E-state index in [1.54, 1.807) is 0 Å². The van der Waals surface area contributed by atoms with Crippen molar-refractivity contribution in [1.82, 2.24) is 10.2 Å². The summed E-state index contributed by atoms with van der Waals surface area (Å²) in [5.41, 5.74) is 5.04. The van der Waals surface area contributed by atoms with Crippen LogP contribution in [0.1, 0.15) is 11.5 Å². The van der Waals surface area contributed by atoms with Crippen LogP contribution in [-0.4, -0.2) is 16.7 Å². The third kappa shape index (κ3) is 3.44. The maximum Gasteiger partial charge on any atom is 0.416 e. The molecule has 1 aromatic heterocycles. The predicted octanol–water partition coefficient (Wildman–Crippen LogP) is 2.33. The molecule has 2 rings (SSSR count). The summed E-state index contributed by atoms with van der Waals surface area (Å²) in [7, 11) is 0. The molecule has 0 amide bonds. The van der Waals surface area contributed by atoms with Crippen LogP contribution >= 0.6 is 0 Å². The quantitative estimate of drug-likeness (QED) is 0.893. The van der Waals surface area contributed by atoms with Gasteiger partial charge in [0, 0.05) is 18.7 Å². The molecule has 5 nitrogen and oxygen atoms in total. The largest absolute Gasteiger partial charge is 0.416 e. The highest BCUT2D eigenvalue weighted by molar-refractivity contribution is 5.52. The smallest absolute Gasteiger partial charge is 0.408 e. The minimum absolute atomic E-state index is 0.114. The highest BCUT2D eigenvalue weighted by Gasteiger charge is 2.29. The number of rotatable bonds is 4. The Bertz CT molecular complexity index is 536. The van der Waals surface area contributed by atoms with Crippen LogP contribution in [0.15, 0.2) is 28.7 Å². The summed E-state index contributed by atoms with van der Waals surface area (Å²) >= 11 is 0. The standard InChI is InChI=1S/C11H11F3N4O/c12-11(13,14)7-1-3-8(4-2-7)16-10-18-17-9(19-10)5-6-15/h1-4H,5-6,15H2,(H,16,18). The number of hydrogen-bond acceptors (Lipinski definition) is 5. The van der Waals surface area contributed by atoms with E-state index in [9.17, 15) is 13.2 Å². The van der Waals surface area contributed by atoms with E-state index in [4.69, 9.17) is 10.2 Å². The maximum atomic E-state index is 12.4. The van der Waals surface area contributed by atoms with Crippen molar-refractivity contribution < 1.29 is 17.6 Å². The van der Waals surface area contributed by atoms with Gasteiger partial charge >= 0.3 is 12.2 Å². The molecular weight excluding hydrogens is 261 g/mol. The van der Waals surface area contributed by atoms with Gasteiger partial charge in [0.1, 0.15) is 0 Å². The van der Waals surface area contributed by atoms with Gasteiger partial charge < -0.3 is 15.5 Å². The summed E-state index contributed by atoms with van der Waals surface area (Å²) in [6.07, 6.45) is -3.90. The monoisotopic (exact) mass is 272 g/mol. The lowest BCUT2D eigenvalue weighted by Crippen LogP contribution is -2.04. The van der Waals surface area contributed by atoms with Crippen molar-refractivity contribution in [3.8, 4) is 0 Å². The van der Waals surface area contributed by atoms with E-state index in [0.717, 1.165) is 12.1 Å². The Morgan fingerprint density at radius 1 is 1.16 bits per heavy atom. The summed E-state index contributed by atoms with van der Waals surface area (Å²) in [6.45, 7) is 0.377. The summed E-state index contributed by atoms with van der Waals surface area (Å²) in [5, 5.41) is 10.1. The third-order valence-electron chi connectivity index (χ3n) is 2.29. The molecule has 0 unspecified atom stereocenters. The summed E-state index contributed by atoms with van der Waals surface area (Å²) in [5.74, 6) is 0.372. The first-order valence-electron chi connectivity index (χ1n) is 5.46. The zero-order valence-electron chi connectivity index (χ0n) is 9.74. The number of halogens is 3. The van der Waals surface area contributed by atoms with Crippen LogP contribution in [0.2, 0.25) is 0 Å². The Morgan fingerprint density at radius 3 is 2.42 bits per heavy atom. The average Bonchev–Trinajstić information content (AvgIpc) is 2.77. The first-order valence-corrected chi connectivity index (χ1v) is 5.46. The molecule has 0 bridgehead atoms. The minimum atomic E-state index is -4.35. The van der Waals surface area contributed by atoms with E-state index in [1.165, 1.54) is 12.1 Å². The van der Waals surface area contributed by atoms with Gasteiger partial charge in [-0.3, -0.25) is 0 Å². The Hall–Kier alpha value is -2.09. The van der Waals surface area contributed by atoms with Crippen molar-refractivity contribution in [3.05, 3.63) is 35.7 Å². The van der Waals surface area contributed by atoms with E-state index in [0.29, 0.717) is 24.5 Å². The normalized spacial score (nSPS) is 11.6. The molecule has 0 radical (unpaired) electrons. The third-order valence-corrected chi connectivity index (χ3v) is 2.29. The van der Waals surface area contributed by atoms with E-state index in [1.807, 2.05) is 0 Å². The number of hydrogen-bond donors (Lipinski definition) is 2. The number of anilines is 2. The fourth-order valence-electron chi connectivity index (χ4n) is 1.39. The number of nitrogens with one attached hydrogen (secondary N) is 1. The van der Waals surface area contributed by atoms with E-state index in [-0.39, 0.29) is 6.01 Å². The zero-order valence-corrected chi connectivity index (χ0v) is 9.74. The SMILES string of the molecule is NCCc1nnc(Nc2ccc(C(F)(F)F)cc2)o1. The molecule has 0 aliphatic rings. The van der Waals surface area contributed by atoms with Crippen LogP contribution in [0, 0.1) is 0 Å². The molecular formula is C11H11F3N4O. The predicted molar refractivity (Wildman–Crippen MR) is 61.8 cm³/mol. The summed E-state index contributed by atoms with van der Waals surface area (Å²) < 4.78 is 42.3. The molecule has 0 atom stereocenters. The van der Waals surface area contributed by atoms with Crippen molar-refractivity contribution in [2.45, 2.75) is 12.6 Å². The molecule has 19 heavy (non-hydrogen) atoms. The second-order valence-corrected chi connectivity index (χ2v) is 3.74. The lowest BCUT2D eigenvalue weighted by atomic mass is 10.2. The van der Waals surface area contributed by atoms with Crippen LogP contribution in [0.25, 0.3) is 0 Å². The molecule has 0 saturated heterocycles. The molecule has 0 spiro atoms. The molecule has 0 aliphatic heterocycles. The van der Waals surface area contributed by atoms with E-state index in [2.05, 4.69) is 15.5 Å². The molecule has 1 heterocycles. The fraction of sp³-hybridized carbons (Fsp3) is 0.273. The Balaban J connectivity index is 2.06. The van der Waals surface area contributed by atoms with Gasteiger partial charge in [0.15, 0.2) is 0 Å². The van der Waals surface area contributed by atoms with Crippen molar-refractivity contribution in [2.75, 3.05) is 11.9 Å². The van der Waals surface area contributed by atoms with Gasteiger partial charge in [-0.25, -0.2) is 0 Å². The van der Waals surface area contributed by atoms with Crippen LogP contribution in [0.4, 0.5) is 24.9 Å². The average molecular weight is 272 g/mol. The molecule has 102 valence electrons. The van der Waals surface area contributed by atoms with Gasteiger partial charge in [-0.05, 0) is 24.3 Å². The number of aromatic nitrogens is 2. The number of alkyl halides is 3. The Labute approximate surface area is 106 Å². The van der Waals surface area contributed by atoms with Crippen LogP contribution < -0.4 is 11.1 Å². The second-order valence-electron chi connectivity index (χ2n) is 3.74. The minimum Gasteiger partial charge on any atom is -0.408 e. The molecule has 3 N–H and O–H groups in total. The number of nitrogens with zero attached hydrogens (tertiary/aromatic N) is 2. The summed E-state index contributed by atoms with van der Waals surface area (Å²) in [4.78, 5) is 0. The topological polar surface area (TPSA) is 77.0 Å². The van der Waals surface area contributed by atoms with Crippen LogP contribution in [0.3, 0.4) is 0 Å². The van der Waals surface area contributed by atoms with Gasteiger partial charge in [-0.1, -0.05) is 5.10 Å². The zero-order chi connectivity index (χ0) is 13.9. The first-order chi connectivity index (χ1) is 8.99. The van der Waals surface area contributed by atoms with Gasteiger partial charge in [0.25, 0.3) is 0 Å². The first kappa shape index (κ1) is 13.3. The lowest BCUT2D eigenvalue weighted by Gasteiger charge is -2.07. The highest BCUT2D eigenvalue weighted by atomic mass is 19.4. The lowest BCUT2D eigenvalue weighted by molar-refractivity contribution is -0.137. The van der Waals surface area contributed by atoms with Crippen molar-refractivity contribution in [1.29, 1.82) is 0 Å². The summed E-state index contributed by atoms with van der Waals surface area (Å²) in [6, 6.07) is 4.63. The number of benzene rings is 1. The van der Waals surface area contributed by atoms with E-state index >= 15 is 0 Å².